The Morgan fingerprint density at radius 1 is 1.00 bits per heavy atom. The van der Waals surface area contributed by atoms with Gasteiger partial charge in [0.2, 0.25) is 0 Å². The van der Waals surface area contributed by atoms with Gasteiger partial charge in [-0.2, -0.15) is 5.26 Å². The third kappa shape index (κ3) is 5.85. The molecule has 0 unspecified atom stereocenters. The lowest BCUT2D eigenvalue weighted by atomic mass is 10.0. The van der Waals surface area contributed by atoms with Gasteiger partial charge in [-0.15, -0.1) is 0 Å². The molecule has 29 heavy (non-hydrogen) atoms. The Kier molecular flexibility index (Phi) is 6.85. The predicted octanol–water partition coefficient (Wildman–Crippen LogP) is 5.12. The number of benzene rings is 3. The molecule has 3 aromatic rings. The van der Waals surface area contributed by atoms with Crippen molar-refractivity contribution in [1.29, 1.82) is 5.26 Å². The molecule has 0 bridgehead atoms. The van der Waals surface area contributed by atoms with Gasteiger partial charge in [-0.3, -0.25) is 4.79 Å². The maximum Gasteiger partial charge on any atom is 0.303 e. The predicted molar refractivity (Wildman–Crippen MR) is 109 cm³/mol. The van der Waals surface area contributed by atoms with Crippen LogP contribution < -0.4 is 9.47 Å². The summed E-state index contributed by atoms with van der Waals surface area (Å²) in [7, 11) is 0. The topological polar surface area (TPSA) is 79.5 Å². The highest BCUT2D eigenvalue weighted by Gasteiger charge is 2.17. The zero-order valence-corrected chi connectivity index (χ0v) is 15.8. The lowest BCUT2D eigenvalue weighted by molar-refractivity contribution is -0.137. The van der Waals surface area contributed by atoms with E-state index in [0.29, 0.717) is 30.1 Å². The summed E-state index contributed by atoms with van der Waals surface area (Å²) in [5.74, 6) is 0.0557. The fourth-order valence-corrected chi connectivity index (χ4v) is 2.89. The number of nitrogens with zero attached hydrogens (tertiary/aromatic N) is 1. The quantitative estimate of drug-likeness (QED) is 0.551. The molecule has 0 radical (unpaired) electrons. The average molecular weight is 387 g/mol. The van der Waals surface area contributed by atoms with E-state index >= 15 is 0 Å². The Labute approximate surface area is 169 Å². The van der Waals surface area contributed by atoms with Crippen molar-refractivity contribution in [2.24, 2.45) is 0 Å². The van der Waals surface area contributed by atoms with E-state index in [9.17, 15) is 10.1 Å². The van der Waals surface area contributed by atoms with Gasteiger partial charge in [0.1, 0.15) is 30.3 Å². The number of hydrogen-bond donors (Lipinski definition) is 1. The van der Waals surface area contributed by atoms with E-state index < -0.39 is 12.1 Å². The van der Waals surface area contributed by atoms with Gasteiger partial charge in [0.25, 0.3) is 0 Å². The van der Waals surface area contributed by atoms with Gasteiger partial charge in [0, 0.05) is 12.5 Å². The molecule has 0 aliphatic heterocycles. The molecule has 0 amide bonds. The van der Waals surface area contributed by atoms with E-state index in [4.69, 9.17) is 14.6 Å². The van der Waals surface area contributed by atoms with E-state index in [0.717, 1.165) is 11.1 Å². The van der Waals surface area contributed by atoms with Crippen molar-refractivity contribution >= 4 is 5.97 Å². The maximum absolute atomic E-state index is 11.1. The van der Waals surface area contributed by atoms with Gasteiger partial charge in [-0.1, -0.05) is 60.7 Å². The lowest BCUT2D eigenvalue weighted by Crippen LogP contribution is -2.11. The molecule has 0 fully saturated rings. The van der Waals surface area contributed by atoms with E-state index in [2.05, 4.69) is 6.07 Å². The average Bonchev–Trinajstić information content (AvgIpc) is 2.76. The second-order valence-electron chi connectivity index (χ2n) is 6.49. The number of rotatable bonds is 9. The zero-order chi connectivity index (χ0) is 20.5. The number of aliphatic carboxylic acids is 1. The van der Waals surface area contributed by atoms with Crippen LogP contribution in [0.15, 0.2) is 78.9 Å². The Bertz CT molecular complexity index is 981. The van der Waals surface area contributed by atoms with Crippen molar-refractivity contribution < 1.29 is 19.4 Å². The van der Waals surface area contributed by atoms with Crippen LogP contribution in [-0.4, -0.2) is 11.1 Å². The van der Waals surface area contributed by atoms with Gasteiger partial charge >= 0.3 is 5.97 Å². The van der Waals surface area contributed by atoms with Crippen LogP contribution in [0.4, 0.5) is 0 Å². The molecule has 0 aromatic heterocycles. The maximum atomic E-state index is 11.1. The number of hydrogen-bond acceptors (Lipinski definition) is 4. The van der Waals surface area contributed by atoms with Gasteiger partial charge in [-0.05, 0) is 29.7 Å². The highest BCUT2D eigenvalue weighted by Crippen LogP contribution is 2.31. The number of carbonyl (C=O) groups is 1. The van der Waals surface area contributed by atoms with Gasteiger partial charge < -0.3 is 14.6 Å². The minimum atomic E-state index is -0.894. The largest absolute Gasteiger partial charge is 0.489 e. The van der Waals surface area contributed by atoms with Crippen molar-refractivity contribution in [3.05, 3.63) is 95.6 Å². The first-order chi connectivity index (χ1) is 14.2. The van der Waals surface area contributed by atoms with Crippen molar-refractivity contribution in [1.82, 2.24) is 0 Å². The summed E-state index contributed by atoms with van der Waals surface area (Å²) >= 11 is 0. The lowest BCUT2D eigenvalue weighted by Gasteiger charge is -2.20. The van der Waals surface area contributed by atoms with Crippen molar-refractivity contribution in [3.8, 4) is 17.6 Å². The molecule has 0 heterocycles. The van der Waals surface area contributed by atoms with Gasteiger partial charge in [0.15, 0.2) is 0 Å². The van der Waals surface area contributed by atoms with E-state index in [1.807, 2.05) is 60.7 Å². The molecule has 3 aromatic carbocycles. The Morgan fingerprint density at radius 2 is 1.69 bits per heavy atom. The molecule has 5 nitrogen and oxygen atoms in total. The van der Waals surface area contributed by atoms with Crippen LogP contribution in [0.25, 0.3) is 0 Å². The summed E-state index contributed by atoms with van der Waals surface area (Å²) < 4.78 is 11.9. The van der Waals surface area contributed by atoms with Gasteiger partial charge in [0.05, 0.1) is 5.56 Å². The minimum Gasteiger partial charge on any atom is -0.489 e. The smallest absolute Gasteiger partial charge is 0.303 e. The highest BCUT2D eigenvalue weighted by molar-refractivity contribution is 5.66. The second kappa shape index (κ2) is 9.95. The van der Waals surface area contributed by atoms with Crippen LogP contribution in [0, 0.1) is 11.3 Å². The summed E-state index contributed by atoms with van der Waals surface area (Å²) in [6, 6.07) is 26.3. The van der Waals surface area contributed by atoms with Crippen molar-refractivity contribution in [3.63, 3.8) is 0 Å². The first-order valence-corrected chi connectivity index (χ1v) is 9.30. The molecule has 0 saturated heterocycles. The standard InChI is InChI=1S/C24H21NO4/c25-16-20-11-12-21(28-17-18-7-3-1-4-8-18)15-23(20)29-22(13-14-24(26)27)19-9-5-2-6-10-19/h1-12,15,22H,13-14,17H2,(H,26,27)/t22-/m0/s1. The molecule has 1 N–H and O–H groups in total. The number of nitriles is 1. The SMILES string of the molecule is N#Cc1ccc(OCc2ccccc2)cc1O[C@@H](CCC(=O)O)c1ccccc1. The number of carboxylic acid groups (broad SMARTS) is 1. The van der Waals surface area contributed by atoms with Crippen LogP contribution in [0.3, 0.4) is 0 Å². The van der Waals surface area contributed by atoms with E-state index in [1.54, 1.807) is 18.2 Å². The first kappa shape index (κ1) is 20.0. The minimum absolute atomic E-state index is 0.0361. The third-order valence-electron chi connectivity index (χ3n) is 4.38. The molecule has 3 rings (SSSR count). The number of carboxylic acids is 1. The van der Waals surface area contributed by atoms with E-state index in [-0.39, 0.29) is 6.42 Å². The fourth-order valence-electron chi connectivity index (χ4n) is 2.89. The highest BCUT2D eigenvalue weighted by atomic mass is 16.5. The molecular formula is C24H21NO4. The molecule has 1 atom stereocenters. The molecule has 0 spiro atoms. The summed E-state index contributed by atoms with van der Waals surface area (Å²) in [5.41, 5.74) is 2.25. The summed E-state index contributed by atoms with van der Waals surface area (Å²) in [6.07, 6.45) is -0.228. The fraction of sp³-hybridized carbons (Fsp3) is 0.167. The molecule has 0 aliphatic rings. The van der Waals surface area contributed by atoms with Crippen LogP contribution in [0.2, 0.25) is 0 Å². The summed E-state index contributed by atoms with van der Waals surface area (Å²) in [5, 5.41) is 18.5. The zero-order valence-electron chi connectivity index (χ0n) is 15.8. The van der Waals surface area contributed by atoms with E-state index in [1.165, 1.54) is 0 Å². The van der Waals surface area contributed by atoms with Crippen molar-refractivity contribution in [2.75, 3.05) is 0 Å². The summed E-state index contributed by atoms with van der Waals surface area (Å²) in [4.78, 5) is 11.1. The second-order valence-corrected chi connectivity index (χ2v) is 6.49. The normalized spacial score (nSPS) is 11.3. The molecule has 0 saturated carbocycles. The Hall–Kier alpha value is -3.78. The van der Waals surface area contributed by atoms with Crippen LogP contribution in [0.5, 0.6) is 11.5 Å². The monoisotopic (exact) mass is 387 g/mol. The molecule has 5 heteroatoms. The Balaban J connectivity index is 1.80. The van der Waals surface area contributed by atoms with Crippen molar-refractivity contribution in [2.45, 2.75) is 25.6 Å². The van der Waals surface area contributed by atoms with Crippen LogP contribution in [0.1, 0.15) is 35.6 Å². The third-order valence-corrected chi connectivity index (χ3v) is 4.38. The first-order valence-electron chi connectivity index (χ1n) is 9.30. The molecule has 0 aliphatic carbocycles. The summed E-state index contributed by atoms with van der Waals surface area (Å²) in [6.45, 7) is 0.396. The number of ether oxygens (including phenoxy) is 2. The Morgan fingerprint density at radius 3 is 2.34 bits per heavy atom. The van der Waals surface area contributed by atoms with Crippen LogP contribution in [-0.2, 0) is 11.4 Å². The van der Waals surface area contributed by atoms with Crippen LogP contribution >= 0.6 is 0 Å². The van der Waals surface area contributed by atoms with Gasteiger partial charge in [-0.25, -0.2) is 0 Å². The molecular weight excluding hydrogens is 366 g/mol. The molecule has 146 valence electrons.